The summed E-state index contributed by atoms with van der Waals surface area (Å²) in [5, 5.41) is 35.0. The number of carbonyl (C=O) groups is 5. The van der Waals surface area contributed by atoms with E-state index in [1.54, 1.807) is 0 Å². The summed E-state index contributed by atoms with van der Waals surface area (Å²) in [5.74, 6) is -4.69. The molecule has 1 aromatic heterocycles. The number of aliphatic carboxylic acids is 2. The molecular weight excluding hydrogens is 488 g/mol. The number of phenols is 1. The maximum absolute atomic E-state index is 13.0. The van der Waals surface area contributed by atoms with E-state index in [0.717, 1.165) is 0 Å². The van der Waals surface area contributed by atoms with Crippen molar-refractivity contribution in [3.05, 3.63) is 48.0 Å². The van der Waals surface area contributed by atoms with Crippen molar-refractivity contribution in [3.8, 4) is 5.75 Å². The Hall–Kier alpha value is -4.46. The number of nitrogens with one attached hydrogen (secondary N) is 4. The third kappa shape index (κ3) is 9.60. The van der Waals surface area contributed by atoms with Gasteiger partial charge in [0.05, 0.1) is 12.4 Å². The van der Waals surface area contributed by atoms with E-state index in [-0.39, 0.29) is 31.4 Å². The van der Waals surface area contributed by atoms with Gasteiger partial charge in [-0.2, -0.15) is 0 Å². The summed E-state index contributed by atoms with van der Waals surface area (Å²) in [6, 6.07) is 0.984. The molecule has 0 saturated carbocycles. The lowest BCUT2D eigenvalue weighted by Gasteiger charge is -2.23. The van der Waals surface area contributed by atoms with E-state index in [1.807, 2.05) is 0 Å². The number of carbonyl (C=O) groups excluding carboxylic acids is 3. The minimum absolute atomic E-state index is 0.00560. The van der Waals surface area contributed by atoms with Crippen molar-refractivity contribution in [1.82, 2.24) is 25.9 Å². The Morgan fingerprint density at radius 2 is 1.59 bits per heavy atom. The smallest absolute Gasteiger partial charge is 0.326 e. The van der Waals surface area contributed by atoms with E-state index in [2.05, 4.69) is 25.9 Å². The molecule has 0 fully saturated rings. The minimum Gasteiger partial charge on any atom is -0.508 e. The van der Waals surface area contributed by atoms with Crippen LogP contribution in [0.2, 0.25) is 0 Å². The van der Waals surface area contributed by atoms with Gasteiger partial charge in [0, 0.05) is 31.2 Å². The van der Waals surface area contributed by atoms with Crippen LogP contribution in [0.3, 0.4) is 0 Å². The van der Waals surface area contributed by atoms with Crippen LogP contribution in [-0.4, -0.2) is 79.1 Å². The number of imidazole rings is 1. The van der Waals surface area contributed by atoms with Gasteiger partial charge in [-0.05, 0) is 31.0 Å². The molecule has 14 nitrogen and oxygen atoms in total. The van der Waals surface area contributed by atoms with Gasteiger partial charge in [0.15, 0.2) is 0 Å². The summed E-state index contributed by atoms with van der Waals surface area (Å²) in [6.45, 7) is 1.35. The van der Waals surface area contributed by atoms with Crippen molar-refractivity contribution in [2.75, 3.05) is 0 Å². The van der Waals surface area contributed by atoms with E-state index in [4.69, 9.17) is 10.8 Å². The first kappa shape index (κ1) is 28.8. The van der Waals surface area contributed by atoms with Crippen LogP contribution in [0.25, 0.3) is 0 Å². The number of aromatic nitrogens is 2. The van der Waals surface area contributed by atoms with Crippen LogP contribution in [0.4, 0.5) is 0 Å². The fourth-order valence-electron chi connectivity index (χ4n) is 3.26. The predicted molar refractivity (Wildman–Crippen MR) is 128 cm³/mol. The highest BCUT2D eigenvalue weighted by molar-refractivity contribution is 5.94. The van der Waals surface area contributed by atoms with Crippen LogP contribution in [0.1, 0.15) is 31.0 Å². The number of aromatic amines is 1. The number of amides is 3. The van der Waals surface area contributed by atoms with Gasteiger partial charge in [-0.1, -0.05) is 12.1 Å². The SMILES string of the molecule is CC(NC(=O)C(N)CCC(=O)O)C(=O)NC(Cc1cnc[nH]1)C(=O)NC(Cc1ccc(O)cc1)C(=O)O. The summed E-state index contributed by atoms with van der Waals surface area (Å²) in [7, 11) is 0. The number of benzene rings is 1. The lowest BCUT2D eigenvalue weighted by molar-refractivity contribution is -0.142. The number of nitrogens with zero attached hydrogens (tertiary/aromatic N) is 1. The second kappa shape index (κ2) is 13.6. The zero-order chi connectivity index (χ0) is 27.5. The molecule has 0 saturated heterocycles. The van der Waals surface area contributed by atoms with Crippen LogP contribution in [0.15, 0.2) is 36.8 Å². The van der Waals surface area contributed by atoms with E-state index >= 15 is 0 Å². The highest BCUT2D eigenvalue weighted by Crippen LogP contribution is 2.12. The molecule has 4 atom stereocenters. The lowest BCUT2D eigenvalue weighted by Crippen LogP contribution is -2.57. The second-order valence-electron chi connectivity index (χ2n) is 8.38. The lowest BCUT2D eigenvalue weighted by atomic mass is 10.0. The van der Waals surface area contributed by atoms with Gasteiger partial charge in [0.1, 0.15) is 23.9 Å². The van der Waals surface area contributed by atoms with Gasteiger partial charge in [0.2, 0.25) is 17.7 Å². The first-order chi connectivity index (χ1) is 17.5. The molecule has 14 heteroatoms. The van der Waals surface area contributed by atoms with Crippen LogP contribution in [0, 0.1) is 0 Å². The number of nitrogens with two attached hydrogens (primary N) is 1. The molecule has 2 rings (SSSR count). The zero-order valence-corrected chi connectivity index (χ0v) is 20.0. The molecule has 3 amide bonds. The largest absolute Gasteiger partial charge is 0.508 e. The van der Waals surface area contributed by atoms with E-state index < -0.39 is 53.8 Å². The highest BCUT2D eigenvalue weighted by atomic mass is 16.4. The third-order valence-electron chi connectivity index (χ3n) is 5.36. The number of hydrogen-bond acceptors (Lipinski definition) is 8. The molecule has 0 aliphatic carbocycles. The summed E-state index contributed by atoms with van der Waals surface area (Å²) in [6.07, 6.45) is 2.23. The van der Waals surface area contributed by atoms with Crippen molar-refractivity contribution < 1.29 is 39.3 Å². The number of phenolic OH excluding ortho intramolecular Hbond substituents is 1. The van der Waals surface area contributed by atoms with Gasteiger partial charge in [-0.25, -0.2) is 9.78 Å². The Labute approximate surface area is 211 Å². The second-order valence-corrected chi connectivity index (χ2v) is 8.38. The van der Waals surface area contributed by atoms with Gasteiger partial charge in [-0.3, -0.25) is 19.2 Å². The Morgan fingerprint density at radius 1 is 0.946 bits per heavy atom. The predicted octanol–water partition coefficient (Wildman–Crippen LogP) is -1.35. The van der Waals surface area contributed by atoms with Crippen molar-refractivity contribution in [3.63, 3.8) is 0 Å². The quantitative estimate of drug-likeness (QED) is 0.146. The van der Waals surface area contributed by atoms with Crippen LogP contribution >= 0.6 is 0 Å². The van der Waals surface area contributed by atoms with Gasteiger partial charge >= 0.3 is 11.9 Å². The van der Waals surface area contributed by atoms with E-state index in [9.17, 15) is 34.2 Å². The molecule has 1 heterocycles. The Bertz CT molecular complexity index is 1090. The minimum atomic E-state index is -1.33. The summed E-state index contributed by atoms with van der Waals surface area (Å²) < 4.78 is 0. The molecule has 1 aromatic carbocycles. The highest BCUT2D eigenvalue weighted by Gasteiger charge is 2.29. The Kier molecular flexibility index (Phi) is 10.6. The van der Waals surface area contributed by atoms with Crippen molar-refractivity contribution >= 4 is 29.7 Å². The third-order valence-corrected chi connectivity index (χ3v) is 5.36. The van der Waals surface area contributed by atoms with Crippen molar-refractivity contribution in [2.45, 2.75) is 56.8 Å². The standard InChI is InChI=1S/C23H30N6O8/c1-12(27-21(34)16(24)6-7-19(31)32)20(33)28-17(9-14-10-25-11-26-14)22(35)29-18(23(36)37)8-13-2-4-15(30)5-3-13/h2-5,10-12,16-18,30H,6-9,24H2,1H3,(H,25,26)(H,27,34)(H,28,33)(H,29,35)(H,31,32)(H,36,37). The number of carboxylic acid groups (broad SMARTS) is 2. The molecule has 0 bridgehead atoms. The number of hydrogen-bond donors (Lipinski definition) is 8. The van der Waals surface area contributed by atoms with E-state index in [0.29, 0.717) is 11.3 Å². The zero-order valence-electron chi connectivity index (χ0n) is 20.0. The summed E-state index contributed by atoms with van der Waals surface area (Å²) in [4.78, 5) is 67.1. The summed E-state index contributed by atoms with van der Waals surface area (Å²) >= 11 is 0. The van der Waals surface area contributed by atoms with Gasteiger partial charge in [-0.15, -0.1) is 0 Å². The fourth-order valence-corrected chi connectivity index (χ4v) is 3.26. The normalized spacial score (nSPS) is 14.0. The Balaban J connectivity index is 2.08. The number of H-pyrrole nitrogens is 1. The number of carboxylic acids is 2. The summed E-state index contributed by atoms with van der Waals surface area (Å²) in [5.41, 5.74) is 6.69. The molecule has 9 N–H and O–H groups in total. The van der Waals surface area contributed by atoms with Crippen LogP contribution < -0.4 is 21.7 Å². The average Bonchev–Trinajstić information content (AvgIpc) is 3.35. The Morgan fingerprint density at radius 3 is 2.16 bits per heavy atom. The van der Waals surface area contributed by atoms with E-state index in [1.165, 1.54) is 43.7 Å². The van der Waals surface area contributed by atoms with Gasteiger partial charge in [0.25, 0.3) is 0 Å². The topological polar surface area (TPSA) is 237 Å². The first-order valence-electron chi connectivity index (χ1n) is 11.3. The number of rotatable bonds is 14. The molecule has 2 aromatic rings. The van der Waals surface area contributed by atoms with Gasteiger partial charge < -0.3 is 42.0 Å². The van der Waals surface area contributed by atoms with Crippen molar-refractivity contribution in [1.29, 1.82) is 0 Å². The molecule has 200 valence electrons. The monoisotopic (exact) mass is 518 g/mol. The maximum Gasteiger partial charge on any atom is 0.326 e. The number of aromatic hydroxyl groups is 1. The fraction of sp³-hybridized carbons (Fsp3) is 0.391. The maximum atomic E-state index is 13.0. The molecule has 0 radical (unpaired) electrons. The van der Waals surface area contributed by atoms with Crippen molar-refractivity contribution in [2.24, 2.45) is 5.73 Å². The first-order valence-corrected chi connectivity index (χ1v) is 11.3. The van der Waals surface area contributed by atoms with Crippen LogP contribution in [-0.2, 0) is 36.8 Å². The molecule has 0 spiro atoms. The molecule has 0 aliphatic rings. The molecule has 0 aliphatic heterocycles. The molecule has 37 heavy (non-hydrogen) atoms. The molecular formula is C23H30N6O8. The average molecular weight is 519 g/mol. The van der Waals surface area contributed by atoms with Crippen LogP contribution in [0.5, 0.6) is 5.75 Å². The molecule has 4 unspecified atom stereocenters.